The molecule has 0 fully saturated rings. The van der Waals surface area contributed by atoms with Crippen LogP contribution < -0.4 is 0 Å². The fraction of sp³-hybridized carbons (Fsp3) is 0.571. The Morgan fingerprint density at radius 1 is 1.73 bits per heavy atom. The van der Waals surface area contributed by atoms with Crippen molar-refractivity contribution in [3.63, 3.8) is 0 Å². The highest BCUT2D eigenvalue weighted by Crippen LogP contribution is 2.22. The summed E-state index contributed by atoms with van der Waals surface area (Å²) in [6.45, 7) is 6.44. The minimum atomic E-state index is -1.17. The quantitative estimate of drug-likeness (QED) is 0.369. The second-order valence-electron chi connectivity index (χ2n) is 2.46. The zero-order chi connectivity index (χ0) is 9.07. The van der Waals surface area contributed by atoms with Gasteiger partial charge in [0, 0.05) is 0 Å². The molecular weight excluding hydrogens is 148 g/mol. The van der Waals surface area contributed by atoms with Crippen LogP contribution in [0.1, 0.15) is 20.3 Å². The lowest BCUT2D eigenvalue weighted by molar-refractivity contribution is -0.306. The van der Waals surface area contributed by atoms with Crippen molar-refractivity contribution in [2.75, 3.05) is 0 Å². The van der Waals surface area contributed by atoms with Crippen LogP contribution in [-0.2, 0) is 9.68 Å². The molecule has 4 heteroatoms. The van der Waals surface area contributed by atoms with E-state index in [0.717, 1.165) is 0 Å². The lowest BCUT2D eigenvalue weighted by Crippen LogP contribution is -2.32. The first-order chi connectivity index (χ1) is 4.98. The van der Waals surface area contributed by atoms with E-state index in [0.29, 0.717) is 6.42 Å². The molecule has 1 atom stereocenters. The molecule has 0 amide bonds. The minimum absolute atomic E-state index is 0.150. The van der Waals surface area contributed by atoms with Gasteiger partial charge in [0.25, 0.3) is 0 Å². The standard InChI is InChI=1S/C7H12O4/c1-4-7(3,11-10)5(2)6(8)9/h10H,2,4H2,1,3H3,(H,8,9). The van der Waals surface area contributed by atoms with Gasteiger partial charge in [-0.15, -0.1) is 0 Å². The Kier molecular flexibility index (Phi) is 3.22. The van der Waals surface area contributed by atoms with E-state index in [1.54, 1.807) is 6.92 Å². The van der Waals surface area contributed by atoms with Crippen molar-refractivity contribution in [1.82, 2.24) is 0 Å². The SMILES string of the molecule is C=C(C(=O)O)C(C)(CC)OO. The number of carbonyl (C=O) groups is 1. The Hall–Kier alpha value is -0.870. The van der Waals surface area contributed by atoms with Crippen LogP contribution in [0.4, 0.5) is 0 Å². The van der Waals surface area contributed by atoms with Crippen LogP contribution in [0.15, 0.2) is 12.2 Å². The van der Waals surface area contributed by atoms with Crippen molar-refractivity contribution in [2.45, 2.75) is 25.9 Å². The first-order valence-electron chi connectivity index (χ1n) is 3.23. The van der Waals surface area contributed by atoms with Gasteiger partial charge in [-0.1, -0.05) is 13.5 Å². The third-order valence-electron chi connectivity index (χ3n) is 1.77. The Labute approximate surface area is 65.0 Å². The lowest BCUT2D eigenvalue weighted by Gasteiger charge is -2.23. The predicted octanol–water partition coefficient (Wildman–Crippen LogP) is 1.29. The van der Waals surface area contributed by atoms with Crippen LogP contribution in [0.25, 0.3) is 0 Å². The van der Waals surface area contributed by atoms with Gasteiger partial charge in [-0.25, -0.2) is 9.68 Å². The van der Waals surface area contributed by atoms with Crippen molar-refractivity contribution in [3.8, 4) is 0 Å². The van der Waals surface area contributed by atoms with Gasteiger partial charge in [0.1, 0.15) is 5.60 Å². The van der Waals surface area contributed by atoms with Gasteiger partial charge >= 0.3 is 5.97 Å². The number of carboxylic acid groups (broad SMARTS) is 1. The molecule has 0 aromatic carbocycles. The third kappa shape index (κ3) is 2.03. The van der Waals surface area contributed by atoms with Gasteiger partial charge in [-0.2, -0.15) is 0 Å². The molecule has 0 aliphatic rings. The van der Waals surface area contributed by atoms with E-state index in [4.69, 9.17) is 10.4 Å². The molecule has 0 radical (unpaired) electrons. The molecule has 0 aliphatic heterocycles. The van der Waals surface area contributed by atoms with Gasteiger partial charge in [-0.05, 0) is 13.3 Å². The van der Waals surface area contributed by atoms with Crippen molar-refractivity contribution in [1.29, 1.82) is 0 Å². The van der Waals surface area contributed by atoms with Crippen molar-refractivity contribution >= 4 is 5.97 Å². The maximum Gasteiger partial charge on any atom is 0.334 e. The second kappa shape index (κ2) is 3.50. The summed E-state index contributed by atoms with van der Waals surface area (Å²) >= 11 is 0. The molecule has 2 N–H and O–H groups in total. The average molecular weight is 160 g/mol. The molecular formula is C7H12O4. The van der Waals surface area contributed by atoms with E-state index < -0.39 is 11.6 Å². The second-order valence-corrected chi connectivity index (χ2v) is 2.46. The zero-order valence-electron chi connectivity index (χ0n) is 6.63. The zero-order valence-corrected chi connectivity index (χ0v) is 6.63. The van der Waals surface area contributed by atoms with E-state index in [1.807, 2.05) is 0 Å². The molecule has 0 aromatic rings. The molecule has 0 saturated heterocycles. The van der Waals surface area contributed by atoms with Gasteiger partial charge in [-0.3, -0.25) is 5.26 Å². The van der Waals surface area contributed by atoms with E-state index in [-0.39, 0.29) is 5.57 Å². The molecule has 0 heterocycles. The number of hydrogen-bond acceptors (Lipinski definition) is 3. The Bertz CT molecular complexity index is 169. The van der Waals surface area contributed by atoms with Crippen molar-refractivity contribution in [3.05, 3.63) is 12.2 Å². The largest absolute Gasteiger partial charge is 0.478 e. The Morgan fingerprint density at radius 2 is 2.18 bits per heavy atom. The Balaban J connectivity index is 4.50. The van der Waals surface area contributed by atoms with Crippen molar-refractivity contribution < 1.29 is 20.0 Å². The monoisotopic (exact) mass is 160 g/mol. The summed E-state index contributed by atoms with van der Waals surface area (Å²) in [7, 11) is 0. The van der Waals surface area contributed by atoms with Crippen molar-refractivity contribution in [2.24, 2.45) is 0 Å². The maximum atomic E-state index is 10.4. The van der Waals surface area contributed by atoms with E-state index in [2.05, 4.69) is 11.5 Å². The predicted molar refractivity (Wildman–Crippen MR) is 39.2 cm³/mol. The molecule has 0 spiro atoms. The first kappa shape index (κ1) is 10.1. The summed E-state index contributed by atoms with van der Waals surface area (Å²) in [4.78, 5) is 14.4. The van der Waals surface area contributed by atoms with Gasteiger partial charge < -0.3 is 5.11 Å². The topological polar surface area (TPSA) is 66.8 Å². The van der Waals surface area contributed by atoms with Crippen LogP contribution in [-0.4, -0.2) is 21.9 Å². The summed E-state index contributed by atoms with van der Waals surface area (Å²) < 4.78 is 0. The van der Waals surface area contributed by atoms with E-state index in [1.165, 1.54) is 6.92 Å². The van der Waals surface area contributed by atoms with Gasteiger partial charge in [0.05, 0.1) is 5.57 Å². The molecule has 0 saturated carbocycles. The highest BCUT2D eigenvalue weighted by molar-refractivity contribution is 5.88. The summed E-state index contributed by atoms with van der Waals surface area (Å²) in [6.07, 6.45) is 0.356. The lowest BCUT2D eigenvalue weighted by atomic mass is 9.94. The average Bonchev–Trinajstić information content (AvgIpc) is 2.01. The fourth-order valence-corrected chi connectivity index (χ4v) is 0.559. The highest BCUT2D eigenvalue weighted by atomic mass is 17.1. The molecule has 4 nitrogen and oxygen atoms in total. The van der Waals surface area contributed by atoms with Gasteiger partial charge in [0.15, 0.2) is 0 Å². The summed E-state index contributed by atoms with van der Waals surface area (Å²) in [5, 5.41) is 16.9. The molecule has 0 bridgehead atoms. The normalized spacial score (nSPS) is 15.5. The van der Waals surface area contributed by atoms with Crippen LogP contribution in [0, 0.1) is 0 Å². The van der Waals surface area contributed by atoms with E-state index in [9.17, 15) is 4.79 Å². The highest BCUT2D eigenvalue weighted by Gasteiger charge is 2.31. The minimum Gasteiger partial charge on any atom is -0.478 e. The number of aliphatic carboxylic acids is 1. The summed E-state index contributed by atoms with van der Waals surface area (Å²) in [5.41, 5.74) is -1.33. The number of carboxylic acids is 1. The van der Waals surface area contributed by atoms with Crippen LogP contribution in [0.3, 0.4) is 0 Å². The maximum absolute atomic E-state index is 10.4. The van der Waals surface area contributed by atoms with Gasteiger partial charge in [0.2, 0.25) is 0 Å². The first-order valence-corrected chi connectivity index (χ1v) is 3.23. The third-order valence-corrected chi connectivity index (χ3v) is 1.77. The molecule has 64 valence electrons. The number of hydrogen-bond donors (Lipinski definition) is 2. The summed E-state index contributed by atoms with van der Waals surface area (Å²) in [6, 6.07) is 0. The van der Waals surface area contributed by atoms with Crippen LogP contribution in [0.5, 0.6) is 0 Å². The smallest absolute Gasteiger partial charge is 0.334 e. The Morgan fingerprint density at radius 3 is 2.27 bits per heavy atom. The molecule has 0 aliphatic carbocycles. The number of rotatable bonds is 4. The van der Waals surface area contributed by atoms with E-state index >= 15 is 0 Å². The fourth-order valence-electron chi connectivity index (χ4n) is 0.559. The molecule has 0 rings (SSSR count). The summed E-state index contributed by atoms with van der Waals surface area (Å²) in [5.74, 6) is -1.16. The van der Waals surface area contributed by atoms with Crippen LogP contribution >= 0.6 is 0 Å². The molecule has 0 aromatic heterocycles. The molecule has 11 heavy (non-hydrogen) atoms. The molecule has 1 unspecified atom stereocenters. The van der Waals surface area contributed by atoms with Crippen LogP contribution in [0.2, 0.25) is 0 Å².